The number of furan rings is 1. The normalized spacial score (nSPS) is 11.9. The number of anilines is 1. The summed E-state index contributed by atoms with van der Waals surface area (Å²) in [5.41, 5.74) is 2.70. The monoisotopic (exact) mass is 382 g/mol. The van der Waals surface area contributed by atoms with E-state index in [-0.39, 0.29) is 29.4 Å². The lowest BCUT2D eigenvalue weighted by Gasteiger charge is -2.11. The molecule has 0 aliphatic heterocycles. The van der Waals surface area contributed by atoms with Gasteiger partial charge in [0.15, 0.2) is 0 Å². The van der Waals surface area contributed by atoms with E-state index in [4.69, 9.17) is 4.42 Å². The molecule has 0 bridgehead atoms. The number of aryl methyl sites for hydroxylation is 1. The molecular formula is C21H22N2O3S. The van der Waals surface area contributed by atoms with Crippen molar-refractivity contribution in [3.63, 3.8) is 0 Å². The number of nitrogens with one attached hydrogen (secondary N) is 2. The summed E-state index contributed by atoms with van der Waals surface area (Å²) in [4.78, 5) is 24.1. The molecule has 5 nitrogen and oxygen atoms in total. The Kier molecular flexibility index (Phi) is 6.19. The van der Waals surface area contributed by atoms with Gasteiger partial charge in [-0.1, -0.05) is 35.9 Å². The van der Waals surface area contributed by atoms with Gasteiger partial charge in [0.25, 0.3) is 0 Å². The van der Waals surface area contributed by atoms with Crippen LogP contribution in [0.4, 0.5) is 5.69 Å². The maximum Gasteiger partial charge on any atom is 0.234 e. The summed E-state index contributed by atoms with van der Waals surface area (Å²) in [6.07, 6.45) is 0. The van der Waals surface area contributed by atoms with Crippen molar-refractivity contribution in [2.24, 2.45) is 0 Å². The van der Waals surface area contributed by atoms with E-state index in [0.29, 0.717) is 5.76 Å². The molecule has 0 saturated heterocycles. The van der Waals surface area contributed by atoms with Crippen molar-refractivity contribution < 1.29 is 14.0 Å². The second-order valence-corrected chi connectivity index (χ2v) is 7.37. The fourth-order valence-electron chi connectivity index (χ4n) is 2.64. The van der Waals surface area contributed by atoms with Crippen LogP contribution in [0.5, 0.6) is 0 Å². The number of hydrogen-bond acceptors (Lipinski definition) is 4. The number of para-hydroxylation sites is 1. The van der Waals surface area contributed by atoms with Crippen LogP contribution in [-0.4, -0.2) is 23.3 Å². The van der Waals surface area contributed by atoms with Crippen LogP contribution in [0.2, 0.25) is 0 Å². The Morgan fingerprint density at radius 2 is 1.74 bits per heavy atom. The standard InChI is InChI=1S/C21H22N2O3S/c1-14-7-9-17(10-8-14)23-21(25)13-27-12-20(24)22-15(2)19-11-16-5-3-4-6-18(16)26-19/h3-11,15H,12-13H2,1-2H3,(H,22,24)(H,23,25)/t15-/m1/s1. The molecule has 0 spiro atoms. The largest absolute Gasteiger partial charge is 0.459 e. The van der Waals surface area contributed by atoms with Gasteiger partial charge >= 0.3 is 0 Å². The Balaban J connectivity index is 1.42. The summed E-state index contributed by atoms with van der Waals surface area (Å²) in [5.74, 6) is 0.899. The molecule has 0 saturated carbocycles. The van der Waals surface area contributed by atoms with E-state index in [9.17, 15) is 9.59 Å². The second-order valence-electron chi connectivity index (χ2n) is 6.38. The molecule has 27 heavy (non-hydrogen) atoms. The summed E-state index contributed by atoms with van der Waals surface area (Å²) >= 11 is 1.28. The number of thioether (sulfide) groups is 1. The zero-order valence-electron chi connectivity index (χ0n) is 15.3. The summed E-state index contributed by atoms with van der Waals surface area (Å²) in [7, 11) is 0. The highest BCUT2D eigenvalue weighted by atomic mass is 32.2. The molecule has 0 fully saturated rings. The molecule has 0 aliphatic rings. The highest BCUT2D eigenvalue weighted by molar-refractivity contribution is 8.00. The smallest absolute Gasteiger partial charge is 0.234 e. The number of carbonyl (C=O) groups is 2. The molecule has 2 aromatic carbocycles. The molecule has 1 heterocycles. The molecule has 2 N–H and O–H groups in total. The van der Waals surface area contributed by atoms with Crippen LogP contribution in [-0.2, 0) is 9.59 Å². The second kappa shape index (κ2) is 8.77. The van der Waals surface area contributed by atoms with Gasteiger partial charge in [-0.2, -0.15) is 0 Å². The van der Waals surface area contributed by atoms with Crippen molar-refractivity contribution in [3.8, 4) is 0 Å². The molecule has 0 aliphatic carbocycles. The van der Waals surface area contributed by atoms with Crippen molar-refractivity contribution in [2.75, 3.05) is 16.8 Å². The highest BCUT2D eigenvalue weighted by Crippen LogP contribution is 2.23. The fourth-order valence-corrected chi connectivity index (χ4v) is 3.27. The average Bonchev–Trinajstić information content (AvgIpc) is 3.08. The number of amides is 2. The summed E-state index contributed by atoms with van der Waals surface area (Å²) in [6.45, 7) is 3.87. The molecule has 1 atom stereocenters. The van der Waals surface area contributed by atoms with Crippen molar-refractivity contribution in [3.05, 3.63) is 65.9 Å². The molecule has 2 amide bonds. The Bertz CT molecular complexity index is 901. The zero-order valence-corrected chi connectivity index (χ0v) is 16.1. The van der Waals surface area contributed by atoms with E-state index in [1.807, 2.05) is 68.4 Å². The predicted molar refractivity (Wildman–Crippen MR) is 110 cm³/mol. The quantitative estimate of drug-likeness (QED) is 0.639. The third kappa shape index (κ3) is 5.37. The van der Waals surface area contributed by atoms with Gasteiger partial charge in [-0.15, -0.1) is 11.8 Å². The molecule has 3 aromatic rings. The fraction of sp³-hybridized carbons (Fsp3) is 0.238. The minimum absolute atomic E-state index is 0.123. The maximum atomic E-state index is 12.1. The van der Waals surface area contributed by atoms with Crippen LogP contribution in [0, 0.1) is 6.92 Å². The van der Waals surface area contributed by atoms with Crippen LogP contribution in [0.3, 0.4) is 0 Å². The van der Waals surface area contributed by atoms with Gasteiger partial charge < -0.3 is 15.1 Å². The van der Waals surface area contributed by atoms with Gasteiger partial charge in [-0.05, 0) is 38.1 Å². The van der Waals surface area contributed by atoms with E-state index in [0.717, 1.165) is 22.2 Å². The molecule has 6 heteroatoms. The van der Waals surface area contributed by atoms with E-state index >= 15 is 0 Å². The lowest BCUT2D eigenvalue weighted by molar-refractivity contribution is -0.119. The van der Waals surface area contributed by atoms with Gasteiger partial charge in [0.05, 0.1) is 17.5 Å². The first-order valence-corrected chi connectivity index (χ1v) is 9.89. The molecule has 0 unspecified atom stereocenters. The predicted octanol–water partition coefficient (Wildman–Crippen LogP) is 4.29. The summed E-state index contributed by atoms with van der Waals surface area (Å²) in [5, 5.41) is 6.73. The van der Waals surface area contributed by atoms with Crippen molar-refractivity contribution in [1.82, 2.24) is 5.32 Å². The van der Waals surface area contributed by atoms with Gasteiger partial charge in [-0.3, -0.25) is 9.59 Å². The van der Waals surface area contributed by atoms with E-state index < -0.39 is 0 Å². The molecule has 140 valence electrons. The number of carbonyl (C=O) groups excluding carboxylic acids is 2. The Morgan fingerprint density at radius 3 is 2.48 bits per heavy atom. The minimum atomic E-state index is -0.230. The van der Waals surface area contributed by atoms with Crippen LogP contribution in [0.1, 0.15) is 24.3 Å². The lowest BCUT2D eigenvalue weighted by Crippen LogP contribution is -2.28. The Morgan fingerprint density at radius 1 is 1.04 bits per heavy atom. The third-order valence-corrected chi connectivity index (χ3v) is 4.98. The van der Waals surface area contributed by atoms with E-state index in [2.05, 4.69) is 10.6 Å². The summed E-state index contributed by atoms with van der Waals surface area (Å²) in [6, 6.07) is 17.0. The Labute approximate surface area is 162 Å². The van der Waals surface area contributed by atoms with Crippen LogP contribution >= 0.6 is 11.8 Å². The first-order chi connectivity index (χ1) is 13.0. The topological polar surface area (TPSA) is 71.3 Å². The van der Waals surface area contributed by atoms with Gasteiger partial charge in [-0.25, -0.2) is 0 Å². The highest BCUT2D eigenvalue weighted by Gasteiger charge is 2.14. The number of fused-ring (bicyclic) bond motifs is 1. The molecule has 1 aromatic heterocycles. The first kappa shape index (κ1) is 19.0. The van der Waals surface area contributed by atoms with Crippen molar-refractivity contribution in [2.45, 2.75) is 19.9 Å². The van der Waals surface area contributed by atoms with E-state index in [1.54, 1.807) is 0 Å². The molecule has 3 rings (SSSR count). The number of benzene rings is 2. The maximum absolute atomic E-state index is 12.1. The van der Waals surface area contributed by atoms with Gasteiger partial charge in [0.1, 0.15) is 11.3 Å². The van der Waals surface area contributed by atoms with Crippen LogP contribution < -0.4 is 10.6 Å². The minimum Gasteiger partial charge on any atom is -0.459 e. The van der Waals surface area contributed by atoms with Gasteiger partial charge in [0, 0.05) is 11.1 Å². The van der Waals surface area contributed by atoms with Gasteiger partial charge in [0.2, 0.25) is 11.8 Å². The third-order valence-electron chi connectivity index (χ3n) is 4.05. The number of rotatable bonds is 7. The first-order valence-electron chi connectivity index (χ1n) is 8.73. The molecule has 0 radical (unpaired) electrons. The number of hydrogen-bond donors (Lipinski definition) is 2. The molecular weight excluding hydrogens is 360 g/mol. The Hall–Kier alpha value is -2.73. The zero-order chi connectivity index (χ0) is 19.2. The average molecular weight is 382 g/mol. The van der Waals surface area contributed by atoms with E-state index in [1.165, 1.54) is 11.8 Å². The lowest BCUT2D eigenvalue weighted by atomic mass is 10.2. The van der Waals surface area contributed by atoms with Crippen LogP contribution in [0.15, 0.2) is 59.0 Å². The van der Waals surface area contributed by atoms with Crippen LogP contribution in [0.25, 0.3) is 11.0 Å². The SMILES string of the molecule is Cc1ccc(NC(=O)CSCC(=O)N[C@H](C)c2cc3ccccc3o2)cc1. The van der Waals surface area contributed by atoms with Crippen molar-refractivity contribution in [1.29, 1.82) is 0 Å². The summed E-state index contributed by atoms with van der Waals surface area (Å²) < 4.78 is 5.76. The van der Waals surface area contributed by atoms with Crippen molar-refractivity contribution >= 4 is 40.2 Å².